The van der Waals surface area contributed by atoms with Crippen LogP contribution in [0.5, 0.6) is 0 Å². The first-order chi connectivity index (χ1) is 9.16. The number of hydrogen-bond acceptors (Lipinski definition) is 2. The molecule has 0 atom stereocenters. The molecule has 4 nitrogen and oxygen atoms in total. The van der Waals surface area contributed by atoms with E-state index >= 15 is 0 Å². The lowest BCUT2D eigenvalue weighted by molar-refractivity contribution is 0.0953. The quantitative estimate of drug-likeness (QED) is 0.833. The smallest absolute Gasteiger partial charge is 0.266 e. The largest absolute Gasteiger partial charge is 0.352 e. The van der Waals surface area contributed by atoms with Gasteiger partial charge < -0.3 is 10.3 Å². The minimum Gasteiger partial charge on any atom is -0.352 e. The molecule has 1 aromatic heterocycles. The van der Waals surface area contributed by atoms with Gasteiger partial charge in [0.2, 0.25) is 0 Å². The lowest BCUT2D eigenvalue weighted by Gasteiger charge is -2.12. The lowest BCUT2D eigenvalue weighted by Crippen LogP contribution is -2.25. The van der Waals surface area contributed by atoms with Gasteiger partial charge in [-0.05, 0) is 38.2 Å². The highest BCUT2D eigenvalue weighted by atomic mass is 35.5. The van der Waals surface area contributed by atoms with Crippen molar-refractivity contribution in [2.75, 3.05) is 6.54 Å². The van der Waals surface area contributed by atoms with Crippen molar-refractivity contribution >= 4 is 17.5 Å². The van der Waals surface area contributed by atoms with Crippen LogP contribution in [-0.4, -0.2) is 17.4 Å². The van der Waals surface area contributed by atoms with Crippen LogP contribution < -0.4 is 10.9 Å². The summed E-state index contributed by atoms with van der Waals surface area (Å²) >= 11 is 5.68. The molecular weight excluding hydrogens is 264 g/mol. The van der Waals surface area contributed by atoms with Crippen molar-refractivity contribution in [3.8, 4) is 0 Å². The summed E-state index contributed by atoms with van der Waals surface area (Å²) in [4.78, 5) is 25.4. The number of allylic oxidation sites excluding steroid dienone is 1. The molecule has 0 aromatic carbocycles. The van der Waals surface area contributed by atoms with Gasteiger partial charge >= 0.3 is 0 Å². The summed E-state index contributed by atoms with van der Waals surface area (Å²) in [6.07, 6.45) is 9.35. The fourth-order valence-electron chi connectivity index (χ4n) is 2.16. The Labute approximate surface area is 116 Å². The molecule has 0 spiro atoms. The first-order valence-electron chi connectivity index (χ1n) is 6.51. The maximum atomic E-state index is 11.8. The maximum absolute atomic E-state index is 11.8. The molecule has 1 heterocycles. The van der Waals surface area contributed by atoms with Gasteiger partial charge in [0.25, 0.3) is 11.5 Å². The van der Waals surface area contributed by atoms with Gasteiger partial charge in [0.05, 0.1) is 5.56 Å². The molecule has 1 aromatic rings. The molecule has 2 rings (SSSR count). The van der Waals surface area contributed by atoms with Crippen LogP contribution in [0.4, 0.5) is 0 Å². The zero-order valence-corrected chi connectivity index (χ0v) is 11.4. The minimum absolute atomic E-state index is 0.0302. The number of amides is 1. The number of halogens is 1. The van der Waals surface area contributed by atoms with Gasteiger partial charge in [0, 0.05) is 12.7 Å². The molecule has 5 heteroatoms. The molecule has 0 radical (unpaired) electrons. The fourth-order valence-corrected chi connectivity index (χ4v) is 2.33. The summed E-state index contributed by atoms with van der Waals surface area (Å²) < 4.78 is 0. The van der Waals surface area contributed by atoms with E-state index in [1.165, 1.54) is 30.7 Å². The van der Waals surface area contributed by atoms with Crippen molar-refractivity contribution in [2.24, 2.45) is 0 Å². The minimum atomic E-state index is -0.384. The Morgan fingerprint density at radius 2 is 2.26 bits per heavy atom. The van der Waals surface area contributed by atoms with Crippen molar-refractivity contribution < 1.29 is 4.79 Å². The predicted octanol–water partition coefficient (Wildman–Crippen LogP) is 2.65. The molecule has 2 N–H and O–H groups in total. The highest BCUT2D eigenvalue weighted by Crippen LogP contribution is 2.19. The standard InChI is InChI=1S/C14H17ClN2O2/c15-12-8-11(9-17-14(12)19)13(18)16-7-6-10-4-2-1-3-5-10/h4,8-9H,1-3,5-7H2,(H,16,18)(H,17,19). The Morgan fingerprint density at radius 1 is 1.42 bits per heavy atom. The van der Waals surface area contributed by atoms with E-state index in [9.17, 15) is 9.59 Å². The van der Waals surface area contributed by atoms with E-state index in [0.717, 1.165) is 19.3 Å². The van der Waals surface area contributed by atoms with Crippen LogP contribution in [0, 0.1) is 0 Å². The molecule has 19 heavy (non-hydrogen) atoms. The molecular formula is C14H17ClN2O2. The first-order valence-corrected chi connectivity index (χ1v) is 6.89. The van der Waals surface area contributed by atoms with Crippen LogP contribution in [0.2, 0.25) is 5.02 Å². The van der Waals surface area contributed by atoms with Crippen molar-refractivity contribution in [3.63, 3.8) is 0 Å². The van der Waals surface area contributed by atoms with E-state index in [0.29, 0.717) is 12.1 Å². The van der Waals surface area contributed by atoms with Crippen LogP contribution in [0.15, 0.2) is 28.7 Å². The number of nitrogens with one attached hydrogen (secondary N) is 2. The molecule has 0 bridgehead atoms. The second kappa shape index (κ2) is 6.57. The molecule has 0 fully saturated rings. The fraction of sp³-hybridized carbons (Fsp3) is 0.429. The molecule has 102 valence electrons. The summed E-state index contributed by atoms with van der Waals surface area (Å²) in [6.45, 7) is 0.613. The number of aromatic nitrogens is 1. The summed E-state index contributed by atoms with van der Waals surface area (Å²) in [7, 11) is 0. The number of carbonyl (C=O) groups excluding carboxylic acids is 1. The molecule has 0 saturated heterocycles. The van der Waals surface area contributed by atoms with E-state index in [4.69, 9.17) is 11.6 Å². The number of aromatic amines is 1. The van der Waals surface area contributed by atoms with Gasteiger partial charge in [0.15, 0.2) is 0 Å². The van der Waals surface area contributed by atoms with Crippen LogP contribution in [0.3, 0.4) is 0 Å². The Balaban J connectivity index is 1.85. The van der Waals surface area contributed by atoms with Gasteiger partial charge in [-0.25, -0.2) is 0 Å². The highest BCUT2D eigenvalue weighted by molar-refractivity contribution is 6.30. The molecule has 1 aliphatic carbocycles. The van der Waals surface area contributed by atoms with Crippen LogP contribution in [-0.2, 0) is 0 Å². The Bertz CT molecular complexity index is 549. The third-order valence-corrected chi connectivity index (χ3v) is 3.52. The van der Waals surface area contributed by atoms with Gasteiger partial charge in [-0.2, -0.15) is 0 Å². The first kappa shape index (κ1) is 13.9. The Kier molecular flexibility index (Phi) is 4.80. The van der Waals surface area contributed by atoms with E-state index in [2.05, 4.69) is 16.4 Å². The van der Waals surface area contributed by atoms with Gasteiger partial charge in [-0.1, -0.05) is 23.3 Å². The predicted molar refractivity (Wildman–Crippen MR) is 75.6 cm³/mol. The van der Waals surface area contributed by atoms with E-state index < -0.39 is 0 Å². The van der Waals surface area contributed by atoms with Gasteiger partial charge in [-0.15, -0.1) is 0 Å². The Morgan fingerprint density at radius 3 is 2.95 bits per heavy atom. The average molecular weight is 281 g/mol. The molecule has 0 unspecified atom stereocenters. The molecule has 1 amide bonds. The third kappa shape index (κ3) is 3.96. The number of pyridine rings is 1. The SMILES string of the molecule is O=C(NCCC1=CCCCC1)c1c[nH]c(=O)c(Cl)c1. The van der Waals surface area contributed by atoms with E-state index in [1.54, 1.807) is 0 Å². The number of H-pyrrole nitrogens is 1. The zero-order valence-electron chi connectivity index (χ0n) is 10.7. The number of carbonyl (C=O) groups is 1. The molecule has 0 aliphatic heterocycles. The molecule has 1 aliphatic rings. The summed E-state index contributed by atoms with van der Waals surface area (Å²) in [5.41, 5.74) is 1.42. The lowest BCUT2D eigenvalue weighted by atomic mass is 9.97. The van der Waals surface area contributed by atoms with Gasteiger partial charge in [-0.3, -0.25) is 9.59 Å². The van der Waals surface area contributed by atoms with E-state index in [-0.39, 0.29) is 16.5 Å². The monoisotopic (exact) mass is 280 g/mol. The van der Waals surface area contributed by atoms with E-state index in [1.807, 2.05) is 0 Å². The van der Waals surface area contributed by atoms with Crippen molar-refractivity contribution in [1.82, 2.24) is 10.3 Å². The van der Waals surface area contributed by atoms with Crippen molar-refractivity contribution in [1.29, 1.82) is 0 Å². The zero-order chi connectivity index (χ0) is 13.7. The Hall–Kier alpha value is -1.55. The van der Waals surface area contributed by atoms with Gasteiger partial charge in [0.1, 0.15) is 5.02 Å². The molecule has 0 saturated carbocycles. The summed E-state index contributed by atoms with van der Waals surface area (Å²) in [5.74, 6) is -0.213. The van der Waals surface area contributed by atoms with Crippen molar-refractivity contribution in [3.05, 3.63) is 44.9 Å². The highest BCUT2D eigenvalue weighted by Gasteiger charge is 2.08. The second-order valence-electron chi connectivity index (χ2n) is 4.68. The van der Waals surface area contributed by atoms with Crippen molar-refractivity contribution in [2.45, 2.75) is 32.1 Å². The number of hydrogen-bond donors (Lipinski definition) is 2. The summed E-state index contributed by atoms with van der Waals surface area (Å²) in [6, 6.07) is 1.38. The second-order valence-corrected chi connectivity index (χ2v) is 5.09. The van der Waals surface area contributed by atoms with Crippen LogP contribution >= 0.6 is 11.6 Å². The topological polar surface area (TPSA) is 62.0 Å². The summed E-state index contributed by atoms with van der Waals surface area (Å²) in [5, 5.41) is 2.86. The maximum Gasteiger partial charge on any atom is 0.266 e. The number of rotatable bonds is 4. The average Bonchev–Trinajstić information content (AvgIpc) is 2.43. The normalized spacial score (nSPS) is 14.9. The van der Waals surface area contributed by atoms with Crippen LogP contribution in [0.1, 0.15) is 42.5 Å². The third-order valence-electron chi connectivity index (χ3n) is 3.24. The van der Waals surface area contributed by atoms with Crippen LogP contribution in [0.25, 0.3) is 0 Å².